The van der Waals surface area contributed by atoms with Gasteiger partial charge in [0.1, 0.15) is 18.3 Å². The van der Waals surface area contributed by atoms with Crippen molar-refractivity contribution in [1.29, 1.82) is 0 Å². The molecule has 1 saturated heterocycles. The summed E-state index contributed by atoms with van der Waals surface area (Å²) in [5.41, 5.74) is 3.11. The molecule has 1 aliphatic heterocycles. The number of carbonyl (C=O) groups is 1. The van der Waals surface area contributed by atoms with Crippen LogP contribution in [0, 0.1) is 0 Å². The van der Waals surface area contributed by atoms with E-state index in [1.807, 2.05) is 91.0 Å². The Morgan fingerprint density at radius 2 is 1.18 bits per heavy atom. The van der Waals surface area contributed by atoms with Crippen LogP contribution >= 0.6 is 0 Å². The minimum atomic E-state index is -0.882. The normalized spacial score (nSPS) is 21.9. The third kappa shape index (κ3) is 6.98. The maximum atomic E-state index is 11.8. The molecule has 1 heterocycles. The van der Waals surface area contributed by atoms with Crippen LogP contribution in [-0.4, -0.2) is 37.2 Å². The minimum absolute atomic E-state index is 0.275. The second-order valence-electron chi connectivity index (χ2n) is 8.18. The van der Waals surface area contributed by atoms with E-state index in [0.29, 0.717) is 19.8 Å². The summed E-state index contributed by atoms with van der Waals surface area (Å²) in [5, 5.41) is 0. The molecule has 4 rings (SSSR count). The highest BCUT2D eigenvalue weighted by Gasteiger charge is 2.48. The average Bonchev–Trinajstić information content (AvgIpc) is 3.18. The monoisotopic (exact) mass is 462 g/mol. The van der Waals surface area contributed by atoms with Crippen molar-refractivity contribution < 1.29 is 28.5 Å². The van der Waals surface area contributed by atoms with E-state index in [1.54, 1.807) is 0 Å². The summed E-state index contributed by atoms with van der Waals surface area (Å²) in [7, 11) is 0. The quantitative estimate of drug-likeness (QED) is 0.386. The van der Waals surface area contributed by atoms with Gasteiger partial charge in [-0.3, -0.25) is 4.79 Å². The zero-order chi connectivity index (χ0) is 23.6. The number of hydrogen-bond acceptors (Lipinski definition) is 6. The van der Waals surface area contributed by atoms with E-state index in [9.17, 15) is 4.79 Å². The topological polar surface area (TPSA) is 63.2 Å². The fourth-order valence-electron chi connectivity index (χ4n) is 3.86. The van der Waals surface area contributed by atoms with E-state index >= 15 is 0 Å². The van der Waals surface area contributed by atoms with Crippen LogP contribution in [0.3, 0.4) is 0 Å². The van der Waals surface area contributed by atoms with Crippen molar-refractivity contribution in [3.63, 3.8) is 0 Å². The molecule has 1 aliphatic rings. The number of hydrogen-bond donors (Lipinski definition) is 0. The highest BCUT2D eigenvalue weighted by Crippen LogP contribution is 2.30. The van der Waals surface area contributed by atoms with Crippen LogP contribution in [0.1, 0.15) is 23.6 Å². The largest absolute Gasteiger partial charge is 0.433 e. The molecular weight excluding hydrogens is 432 g/mol. The number of benzene rings is 3. The molecule has 0 amide bonds. The summed E-state index contributed by atoms with van der Waals surface area (Å²) in [5.74, 6) is -0.439. The Bertz CT molecular complexity index is 995. The molecule has 0 aromatic heterocycles. The molecule has 0 unspecified atom stereocenters. The maximum absolute atomic E-state index is 11.8. The first kappa shape index (κ1) is 24.1. The minimum Gasteiger partial charge on any atom is -0.433 e. The molecule has 0 spiro atoms. The average molecular weight is 463 g/mol. The number of esters is 1. The summed E-state index contributed by atoms with van der Waals surface area (Å²) >= 11 is 0. The van der Waals surface area contributed by atoms with Gasteiger partial charge in [-0.15, -0.1) is 0 Å². The van der Waals surface area contributed by atoms with Crippen LogP contribution in [0.15, 0.2) is 91.0 Å². The molecule has 0 saturated carbocycles. The predicted molar refractivity (Wildman–Crippen MR) is 127 cm³/mol. The van der Waals surface area contributed by atoms with Gasteiger partial charge < -0.3 is 23.7 Å². The molecule has 178 valence electrons. The van der Waals surface area contributed by atoms with Gasteiger partial charge in [0.2, 0.25) is 6.29 Å². The van der Waals surface area contributed by atoms with Crippen LogP contribution in [0.5, 0.6) is 0 Å². The Hall–Kier alpha value is -3.03. The lowest BCUT2D eigenvalue weighted by molar-refractivity contribution is -0.195. The molecule has 0 radical (unpaired) electrons. The standard InChI is InChI=1S/C28H30O6/c1-21(29)33-28-27(32-19-24-15-9-4-10-16-24)26(31-18-23-13-7-3-8-14-23)25(34-28)20-30-17-22-11-5-2-6-12-22/h2-16,25-28H,17-20H2,1H3/t25-,26+,27-,28-/m1/s1. The molecule has 3 aromatic carbocycles. The van der Waals surface area contributed by atoms with Gasteiger partial charge in [-0.2, -0.15) is 0 Å². The van der Waals surface area contributed by atoms with Gasteiger partial charge >= 0.3 is 5.97 Å². The van der Waals surface area contributed by atoms with Crippen molar-refractivity contribution in [2.45, 2.75) is 51.3 Å². The van der Waals surface area contributed by atoms with E-state index in [0.717, 1.165) is 16.7 Å². The first-order chi connectivity index (χ1) is 16.7. The summed E-state index contributed by atoms with van der Waals surface area (Å²) in [4.78, 5) is 11.8. The molecular formula is C28H30O6. The van der Waals surface area contributed by atoms with Crippen molar-refractivity contribution in [3.8, 4) is 0 Å². The second kappa shape index (κ2) is 12.4. The second-order valence-corrected chi connectivity index (χ2v) is 8.18. The zero-order valence-electron chi connectivity index (χ0n) is 19.2. The van der Waals surface area contributed by atoms with Gasteiger partial charge in [-0.05, 0) is 16.7 Å². The Morgan fingerprint density at radius 3 is 1.68 bits per heavy atom. The number of carbonyl (C=O) groups excluding carboxylic acids is 1. The first-order valence-corrected chi connectivity index (χ1v) is 11.4. The summed E-state index contributed by atoms with van der Waals surface area (Å²) in [6, 6.07) is 29.7. The van der Waals surface area contributed by atoms with Crippen LogP contribution in [-0.2, 0) is 48.3 Å². The van der Waals surface area contributed by atoms with Crippen molar-refractivity contribution in [3.05, 3.63) is 108 Å². The van der Waals surface area contributed by atoms with Gasteiger partial charge in [0, 0.05) is 6.92 Å². The Labute approximate surface area is 200 Å². The van der Waals surface area contributed by atoms with Crippen molar-refractivity contribution in [2.24, 2.45) is 0 Å². The lowest BCUT2D eigenvalue weighted by Crippen LogP contribution is -2.40. The maximum Gasteiger partial charge on any atom is 0.305 e. The van der Waals surface area contributed by atoms with E-state index in [4.69, 9.17) is 23.7 Å². The number of rotatable bonds is 11. The SMILES string of the molecule is CC(=O)O[C@@H]1O[C@H](COCc2ccccc2)[C@H](OCc2ccccc2)[C@H]1OCc1ccccc1. The van der Waals surface area contributed by atoms with Gasteiger partial charge in [0.15, 0.2) is 0 Å². The smallest absolute Gasteiger partial charge is 0.305 e. The highest BCUT2D eigenvalue weighted by molar-refractivity contribution is 5.66. The molecule has 0 aliphatic carbocycles. The molecule has 6 nitrogen and oxygen atoms in total. The van der Waals surface area contributed by atoms with E-state index < -0.39 is 30.6 Å². The van der Waals surface area contributed by atoms with Crippen LogP contribution < -0.4 is 0 Å². The lowest BCUT2D eigenvalue weighted by atomic mass is 10.1. The zero-order valence-corrected chi connectivity index (χ0v) is 19.2. The third-order valence-corrected chi connectivity index (χ3v) is 5.51. The van der Waals surface area contributed by atoms with Crippen molar-refractivity contribution in [2.75, 3.05) is 6.61 Å². The van der Waals surface area contributed by atoms with E-state index in [2.05, 4.69) is 0 Å². The van der Waals surface area contributed by atoms with Crippen LogP contribution in [0.4, 0.5) is 0 Å². The van der Waals surface area contributed by atoms with Crippen molar-refractivity contribution >= 4 is 5.97 Å². The van der Waals surface area contributed by atoms with Gasteiger partial charge in [-0.25, -0.2) is 0 Å². The first-order valence-electron chi connectivity index (χ1n) is 11.4. The molecule has 4 atom stereocenters. The fraction of sp³-hybridized carbons (Fsp3) is 0.321. The van der Waals surface area contributed by atoms with Crippen LogP contribution in [0.2, 0.25) is 0 Å². The Morgan fingerprint density at radius 1 is 0.706 bits per heavy atom. The van der Waals surface area contributed by atoms with Gasteiger partial charge in [-0.1, -0.05) is 91.0 Å². The number of ether oxygens (including phenoxy) is 5. The van der Waals surface area contributed by atoms with Gasteiger partial charge in [0.25, 0.3) is 0 Å². The summed E-state index contributed by atoms with van der Waals surface area (Å²) in [6.07, 6.45) is -2.42. The third-order valence-electron chi connectivity index (χ3n) is 5.51. The van der Waals surface area contributed by atoms with E-state index in [-0.39, 0.29) is 6.61 Å². The molecule has 1 fully saturated rings. The molecule has 6 heteroatoms. The van der Waals surface area contributed by atoms with E-state index in [1.165, 1.54) is 6.92 Å². The van der Waals surface area contributed by atoms with Gasteiger partial charge in [0.05, 0.1) is 26.4 Å². The fourth-order valence-corrected chi connectivity index (χ4v) is 3.86. The molecule has 34 heavy (non-hydrogen) atoms. The summed E-state index contributed by atoms with van der Waals surface area (Å²) in [6.45, 7) is 2.80. The van der Waals surface area contributed by atoms with Crippen molar-refractivity contribution in [1.82, 2.24) is 0 Å². The molecule has 0 N–H and O–H groups in total. The Kier molecular flexibility index (Phi) is 8.82. The lowest BCUT2D eigenvalue weighted by Gasteiger charge is -2.24. The Balaban J connectivity index is 1.47. The predicted octanol–water partition coefficient (Wildman–Crippen LogP) is 4.66. The highest BCUT2D eigenvalue weighted by atomic mass is 16.7. The molecule has 3 aromatic rings. The van der Waals surface area contributed by atoms with Crippen LogP contribution in [0.25, 0.3) is 0 Å². The molecule has 0 bridgehead atoms. The summed E-state index contributed by atoms with van der Waals surface area (Å²) < 4.78 is 30.0.